The number of fused-ring (bicyclic) bond motifs is 1. The number of imidazole rings is 1. The number of hydrogen-bond acceptors (Lipinski definition) is 3. The van der Waals surface area contributed by atoms with Gasteiger partial charge in [0.2, 0.25) is 5.95 Å². The average Bonchev–Trinajstić information content (AvgIpc) is 2.99. The maximum absolute atomic E-state index is 6.23. The summed E-state index contributed by atoms with van der Waals surface area (Å²) in [5, 5.41) is 4.29. The molecule has 1 N–H and O–H groups in total. The van der Waals surface area contributed by atoms with E-state index < -0.39 is 0 Å². The Balaban J connectivity index is 1.82. The third-order valence-electron chi connectivity index (χ3n) is 5.90. The van der Waals surface area contributed by atoms with Crippen LogP contribution >= 0.6 is 11.6 Å². The van der Waals surface area contributed by atoms with Gasteiger partial charge in [-0.05, 0) is 49.6 Å². The first-order valence-corrected chi connectivity index (χ1v) is 10.6. The largest absolute Gasteiger partial charge is 0.499 e. The Kier molecular flexibility index (Phi) is 5.37. The molecular weight excluding hydrogens is 394 g/mol. The summed E-state index contributed by atoms with van der Waals surface area (Å²) in [6, 6.07) is 10.8. The minimum absolute atomic E-state index is 0.0284. The standard InChI is InChI=1S/C25H28ClN3O/c1-14-10-15(2)22(16(3)11-14)19-8-7-9-20-24(19)29(5)25(27-20)28-23-17(4)12-18(26)13-21(23)30-6/h7-13,17,23H,1-6H3,(H,27,28). The lowest BCUT2D eigenvalue weighted by Crippen LogP contribution is -2.32. The lowest BCUT2D eigenvalue weighted by atomic mass is 9.93. The fourth-order valence-corrected chi connectivity index (χ4v) is 4.92. The maximum atomic E-state index is 6.23. The fraction of sp³-hybridized carbons (Fsp3) is 0.320. The molecule has 1 heterocycles. The first kappa shape index (κ1) is 20.5. The van der Waals surface area contributed by atoms with Crippen LogP contribution in [0.15, 0.2) is 53.3 Å². The molecule has 2 atom stereocenters. The van der Waals surface area contributed by atoms with E-state index in [0.717, 1.165) is 22.7 Å². The lowest BCUT2D eigenvalue weighted by Gasteiger charge is -2.28. The van der Waals surface area contributed by atoms with Gasteiger partial charge in [-0.3, -0.25) is 0 Å². The van der Waals surface area contributed by atoms with E-state index in [2.05, 4.69) is 75.0 Å². The third kappa shape index (κ3) is 3.50. The van der Waals surface area contributed by atoms with Crippen LogP contribution < -0.4 is 5.32 Å². The van der Waals surface area contributed by atoms with Crippen LogP contribution in [0.2, 0.25) is 0 Å². The van der Waals surface area contributed by atoms with Gasteiger partial charge < -0.3 is 14.6 Å². The van der Waals surface area contributed by atoms with E-state index >= 15 is 0 Å². The van der Waals surface area contributed by atoms with Crippen molar-refractivity contribution in [2.24, 2.45) is 13.0 Å². The molecule has 4 nitrogen and oxygen atoms in total. The van der Waals surface area contributed by atoms with Crippen molar-refractivity contribution in [1.82, 2.24) is 9.55 Å². The van der Waals surface area contributed by atoms with Gasteiger partial charge in [-0.25, -0.2) is 4.98 Å². The highest BCUT2D eigenvalue weighted by Gasteiger charge is 2.27. The average molecular weight is 422 g/mol. The number of ether oxygens (including phenoxy) is 1. The first-order valence-electron chi connectivity index (χ1n) is 10.2. The van der Waals surface area contributed by atoms with Crippen LogP contribution in [0.5, 0.6) is 0 Å². The zero-order chi connectivity index (χ0) is 21.6. The van der Waals surface area contributed by atoms with Crippen molar-refractivity contribution in [2.75, 3.05) is 12.4 Å². The summed E-state index contributed by atoms with van der Waals surface area (Å²) in [6.07, 6.45) is 3.90. The molecule has 0 fully saturated rings. The molecule has 5 heteroatoms. The summed E-state index contributed by atoms with van der Waals surface area (Å²) in [4.78, 5) is 4.91. The molecule has 0 aliphatic heterocycles. The zero-order valence-electron chi connectivity index (χ0n) is 18.4. The fourth-order valence-electron chi connectivity index (χ4n) is 4.61. The molecule has 0 bridgehead atoms. The predicted molar refractivity (Wildman–Crippen MR) is 126 cm³/mol. The Hall–Kier alpha value is -2.72. The number of aromatic nitrogens is 2. The molecule has 3 aromatic rings. The van der Waals surface area contributed by atoms with E-state index in [4.69, 9.17) is 21.3 Å². The Morgan fingerprint density at radius 2 is 1.83 bits per heavy atom. The topological polar surface area (TPSA) is 39.1 Å². The van der Waals surface area contributed by atoms with Crippen molar-refractivity contribution < 1.29 is 4.74 Å². The molecule has 1 aliphatic carbocycles. The number of nitrogens with one attached hydrogen (secondary N) is 1. The number of para-hydroxylation sites is 1. The van der Waals surface area contributed by atoms with Gasteiger partial charge in [-0.15, -0.1) is 0 Å². The predicted octanol–water partition coefficient (Wildman–Crippen LogP) is 6.25. The number of methoxy groups -OCH3 is 1. The smallest absolute Gasteiger partial charge is 0.204 e. The van der Waals surface area contributed by atoms with Gasteiger partial charge in [0.25, 0.3) is 0 Å². The number of halogens is 1. The third-order valence-corrected chi connectivity index (χ3v) is 6.13. The molecule has 0 radical (unpaired) electrons. The SMILES string of the molecule is COC1=CC(Cl)=CC(C)C1Nc1nc2cccc(-c3c(C)cc(C)cc3C)c2n1C. The van der Waals surface area contributed by atoms with Crippen molar-refractivity contribution >= 4 is 28.6 Å². The van der Waals surface area contributed by atoms with Gasteiger partial charge in [-0.2, -0.15) is 0 Å². The van der Waals surface area contributed by atoms with E-state index in [1.54, 1.807) is 7.11 Å². The van der Waals surface area contributed by atoms with Gasteiger partial charge in [0.05, 0.1) is 24.2 Å². The molecule has 30 heavy (non-hydrogen) atoms. The molecule has 1 aliphatic rings. The number of aryl methyl sites for hydroxylation is 4. The van der Waals surface area contributed by atoms with Crippen molar-refractivity contribution in [1.29, 1.82) is 0 Å². The summed E-state index contributed by atoms with van der Waals surface area (Å²) in [6.45, 7) is 8.63. The van der Waals surface area contributed by atoms with E-state index in [9.17, 15) is 0 Å². The first-order chi connectivity index (χ1) is 14.3. The van der Waals surface area contributed by atoms with E-state index in [-0.39, 0.29) is 12.0 Å². The summed E-state index contributed by atoms with van der Waals surface area (Å²) in [5.41, 5.74) is 8.41. The van der Waals surface area contributed by atoms with Crippen LogP contribution in [0.25, 0.3) is 22.2 Å². The summed E-state index contributed by atoms with van der Waals surface area (Å²) >= 11 is 6.23. The second kappa shape index (κ2) is 7.84. The second-order valence-electron chi connectivity index (χ2n) is 8.22. The highest BCUT2D eigenvalue weighted by molar-refractivity contribution is 6.31. The van der Waals surface area contributed by atoms with Crippen LogP contribution in [-0.4, -0.2) is 22.7 Å². The summed E-state index contributed by atoms with van der Waals surface area (Å²) < 4.78 is 7.74. The molecule has 2 aromatic carbocycles. The van der Waals surface area contributed by atoms with Crippen molar-refractivity contribution in [3.05, 3.63) is 70.0 Å². The van der Waals surface area contributed by atoms with E-state index in [1.165, 1.54) is 27.8 Å². The normalized spacial score (nSPS) is 18.9. The lowest BCUT2D eigenvalue weighted by molar-refractivity contribution is 0.256. The van der Waals surface area contributed by atoms with Crippen LogP contribution in [0.3, 0.4) is 0 Å². The molecule has 0 saturated carbocycles. The molecule has 0 spiro atoms. The van der Waals surface area contributed by atoms with Crippen molar-refractivity contribution in [3.8, 4) is 11.1 Å². The molecule has 4 rings (SSSR count). The number of nitrogens with zero attached hydrogens (tertiary/aromatic N) is 2. The van der Waals surface area contributed by atoms with E-state index in [0.29, 0.717) is 5.03 Å². The number of allylic oxidation sites excluding steroid dienone is 2. The Bertz CT molecular complexity index is 1170. The molecule has 0 amide bonds. The zero-order valence-corrected chi connectivity index (χ0v) is 19.1. The summed E-state index contributed by atoms with van der Waals surface area (Å²) in [5.74, 6) is 1.80. The molecular formula is C25H28ClN3O. The molecule has 156 valence electrons. The number of anilines is 1. The Labute approximate surface area is 183 Å². The number of hydrogen-bond donors (Lipinski definition) is 1. The second-order valence-corrected chi connectivity index (χ2v) is 8.66. The van der Waals surface area contributed by atoms with Crippen molar-refractivity contribution in [2.45, 2.75) is 33.7 Å². The quantitative estimate of drug-likeness (QED) is 0.541. The van der Waals surface area contributed by atoms with Crippen LogP contribution in [0, 0.1) is 26.7 Å². The monoisotopic (exact) mass is 421 g/mol. The number of benzene rings is 2. The number of rotatable bonds is 4. The van der Waals surface area contributed by atoms with Crippen LogP contribution in [-0.2, 0) is 11.8 Å². The minimum atomic E-state index is -0.0284. The van der Waals surface area contributed by atoms with Gasteiger partial charge in [0.1, 0.15) is 5.76 Å². The van der Waals surface area contributed by atoms with Crippen LogP contribution in [0.4, 0.5) is 5.95 Å². The van der Waals surface area contributed by atoms with Crippen LogP contribution in [0.1, 0.15) is 23.6 Å². The van der Waals surface area contributed by atoms with Gasteiger partial charge in [-0.1, -0.05) is 54.4 Å². The highest BCUT2D eigenvalue weighted by atomic mass is 35.5. The minimum Gasteiger partial charge on any atom is -0.499 e. The van der Waals surface area contributed by atoms with E-state index in [1.807, 2.05) is 12.2 Å². The van der Waals surface area contributed by atoms with Gasteiger partial charge in [0, 0.05) is 23.6 Å². The summed E-state index contributed by atoms with van der Waals surface area (Å²) in [7, 11) is 3.74. The van der Waals surface area contributed by atoms with Gasteiger partial charge in [0.15, 0.2) is 0 Å². The molecule has 0 saturated heterocycles. The molecule has 1 aromatic heterocycles. The van der Waals surface area contributed by atoms with Gasteiger partial charge >= 0.3 is 0 Å². The highest BCUT2D eigenvalue weighted by Crippen LogP contribution is 2.36. The van der Waals surface area contributed by atoms with Crippen molar-refractivity contribution in [3.63, 3.8) is 0 Å². The Morgan fingerprint density at radius 1 is 1.13 bits per heavy atom. The molecule has 2 unspecified atom stereocenters. The maximum Gasteiger partial charge on any atom is 0.204 e. The Morgan fingerprint density at radius 3 is 2.50 bits per heavy atom.